The number of carbonyl (C=O) groups is 2. The Labute approximate surface area is 236 Å². The van der Waals surface area contributed by atoms with Gasteiger partial charge in [0, 0.05) is 11.8 Å². The maximum absolute atomic E-state index is 12.6. The number of allylic oxidation sites excluding steroid dienone is 4. The molecular formula is C32H42N2O6. The molecule has 7 atom stereocenters. The highest BCUT2D eigenvalue weighted by molar-refractivity contribution is 6.05. The zero-order valence-corrected chi connectivity index (χ0v) is 24.0. The smallest absolute Gasteiger partial charge is 0.328 e. The molecule has 1 aromatic carbocycles. The van der Waals surface area contributed by atoms with E-state index < -0.39 is 23.5 Å². The van der Waals surface area contributed by atoms with Crippen molar-refractivity contribution in [3.63, 3.8) is 0 Å². The Balaban J connectivity index is 1.19. The molecule has 5 rings (SSSR count). The molecule has 1 amide bonds. The zero-order chi connectivity index (χ0) is 28.7. The van der Waals surface area contributed by atoms with Gasteiger partial charge in [-0.15, -0.1) is 0 Å². The number of oxime groups is 1. The first-order chi connectivity index (χ1) is 19.0. The Morgan fingerprint density at radius 3 is 2.55 bits per heavy atom. The molecule has 0 heterocycles. The number of ether oxygens (including phenoxy) is 1. The van der Waals surface area contributed by atoms with Crippen LogP contribution < -0.4 is 5.32 Å². The van der Waals surface area contributed by atoms with Crippen molar-refractivity contribution < 1.29 is 29.4 Å². The number of aromatic hydroxyl groups is 1. The molecule has 0 radical (unpaired) electrons. The molecule has 40 heavy (non-hydrogen) atoms. The first-order valence-corrected chi connectivity index (χ1v) is 14.4. The number of methoxy groups -OCH3 is 1. The van der Waals surface area contributed by atoms with Gasteiger partial charge in [0.2, 0.25) is 0 Å². The highest BCUT2D eigenvalue weighted by Gasteiger charge is 2.62. The van der Waals surface area contributed by atoms with E-state index >= 15 is 0 Å². The van der Waals surface area contributed by atoms with Crippen LogP contribution in [0.5, 0.6) is 5.75 Å². The van der Waals surface area contributed by atoms with E-state index in [0.29, 0.717) is 23.5 Å². The number of phenols is 1. The van der Waals surface area contributed by atoms with E-state index in [1.54, 1.807) is 12.1 Å². The van der Waals surface area contributed by atoms with Gasteiger partial charge in [-0.25, -0.2) is 4.79 Å². The Morgan fingerprint density at radius 1 is 1.10 bits per heavy atom. The second-order valence-electron chi connectivity index (χ2n) is 12.8. The molecule has 4 aliphatic rings. The minimum Gasteiger partial charge on any atom is -0.508 e. The molecule has 0 bridgehead atoms. The van der Waals surface area contributed by atoms with Crippen LogP contribution in [0, 0.1) is 28.6 Å². The van der Waals surface area contributed by atoms with E-state index in [9.17, 15) is 19.8 Å². The molecule has 3 fully saturated rings. The van der Waals surface area contributed by atoms with E-state index in [1.165, 1.54) is 24.8 Å². The van der Waals surface area contributed by atoms with Gasteiger partial charge in [-0.3, -0.25) is 4.79 Å². The van der Waals surface area contributed by atoms with Gasteiger partial charge in [0.1, 0.15) is 17.5 Å². The van der Waals surface area contributed by atoms with E-state index in [0.717, 1.165) is 44.1 Å². The van der Waals surface area contributed by atoms with Gasteiger partial charge in [-0.05, 0) is 98.5 Å². The summed E-state index contributed by atoms with van der Waals surface area (Å²) in [4.78, 5) is 30.2. The van der Waals surface area contributed by atoms with Gasteiger partial charge < -0.3 is 25.1 Å². The number of hydrogen-bond acceptors (Lipinski definition) is 7. The van der Waals surface area contributed by atoms with Crippen molar-refractivity contribution in [2.45, 2.75) is 77.4 Å². The van der Waals surface area contributed by atoms with E-state index in [2.05, 4.69) is 36.5 Å². The summed E-state index contributed by atoms with van der Waals surface area (Å²) in [7, 11) is 1.27. The lowest BCUT2D eigenvalue weighted by atomic mass is 9.47. The number of rotatable bonds is 7. The average Bonchev–Trinajstić information content (AvgIpc) is 3.17. The fourth-order valence-electron chi connectivity index (χ4n) is 8.11. The monoisotopic (exact) mass is 550 g/mol. The molecule has 1 aromatic rings. The lowest BCUT2D eigenvalue weighted by Crippen LogP contribution is -2.53. The van der Waals surface area contributed by atoms with Gasteiger partial charge in [-0.2, -0.15) is 0 Å². The molecule has 8 heteroatoms. The zero-order valence-electron chi connectivity index (χ0n) is 24.0. The number of amides is 1. The summed E-state index contributed by atoms with van der Waals surface area (Å²) < 4.78 is 4.84. The standard InChI is InChI=1S/C32H42N2O6/c1-30-14-11-22(18-21(30)7-10-24-25(30)12-15-31(2)26(24)13-16-32(31,3)38)34-40-19-28(36)33-27(29(37)39-4)17-20-5-8-23(35)9-6-20/h5-6,8-9,11,14,18,24-27,35,38H,7,10,12-13,15-17,19H2,1-4H3,(H,33,36)/t24-,25+,26+,27+,30+,31+,32+/m1/s1. The highest BCUT2D eigenvalue weighted by atomic mass is 16.6. The van der Waals surface area contributed by atoms with Crippen molar-refractivity contribution in [3.05, 3.63) is 53.6 Å². The van der Waals surface area contributed by atoms with Gasteiger partial charge in [-0.1, -0.05) is 42.8 Å². The van der Waals surface area contributed by atoms with Crippen LogP contribution in [-0.2, 0) is 25.6 Å². The largest absolute Gasteiger partial charge is 0.508 e. The maximum Gasteiger partial charge on any atom is 0.328 e. The highest BCUT2D eigenvalue weighted by Crippen LogP contribution is 2.66. The van der Waals surface area contributed by atoms with Crippen molar-refractivity contribution in [2.75, 3.05) is 13.7 Å². The normalized spacial score (nSPS) is 36.1. The van der Waals surface area contributed by atoms with Crippen molar-refractivity contribution in [2.24, 2.45) is 33.7 Å². The number of aliphatic hydroxyl groups is 1. The number of nitrogens with one attached hydrogen (secondary N) is 1. The minimum atomic E-state index is -0.883. The predicted molar refractivity (Wildman–Crippen MR) is 151 cm³/mol. The van der Waals surface area contributed by atoms with Gasteiger partial charge >= 0.3 is 5.97 Å². The molecule has 4 aliphatic carbocycles. The Hall–Kier alpha value is -3.13. The summed E-state index contributed by atoms with van der Waals surface area (Å²) in [5.74, 6) is 0.809. The summed E-state index contributed by atoms with van der Waals surface area (Å²) in [5.41, 5.74) is 2.20. The predicted octanol–water partition coefficient (Wildman–Crippen LogP) is 4.45. The third-order valence-electron chi connectivity index (χ3n) is 10.7. The summed E-state index contributed by atoms with van der Waals surface area (Å²) >= 11 is 0. The summed E-state index contributed by atoms with van der Waals surface area (Å²) in [5, 5.41) is 27.5. The lowest BCUT2D eigenvalue weighted by molar-refractivity contribution is -0.145. The van der Waals surface area contributed by atoms with Crippen molar-refractivity contribution >= 4 is 17.6 Å². The Kier molecular flexibility index (Phi) is 7.59. The SMILES string of the molecule is COC(=O)[C@H](Cc1ccc(O)cc1)NC(=O)CON=C1C=C[C@@]2(C)C(=C1)CC[C@@H]1[C@@H]2CC[C@@]2(C)[C@H]1CC[C@]2(C)O. The molecule has 3 saturated carbocycles. The molecule has 8 nitrogen and oxygen atoms in total. The minimum absolute atomic E-state index is 0.00207. The summed E-state index contributed by atoms with van der Waals surface area (Å²) in [6, 6.07) is 5.55. The number of fused-ring (bicyclic) bond motifs is 5. The number of phenolic OH excluding ortho intramolecular Hbond substituents is 1. The molecular weight excluding hydrogens is 508 g/mol. The average molecular weight is 551 g/mol. The molecule has 0 spiro atoms. The molecule has 3 N–H and O–H groups in total. The lowest BCUT2D eigenvalue weighted by Gasteiger charge is -2.58. The van der Waals surface area contributed by atoms with Crippen LogP contribution in [0.1, 0.15) is 64.9 Å². The van der Waals surface area contributed by atoms with Crippen molar-refractivity contribution in [1.82, 2.24) is 5.32 Å². The van der Waals surface area contributed by atoms with E-state index in [-0.39, 0.29) is 29.6 Å². The number of esters is 1. The van der Waals surface area contributed by atoms with Crippen LogP contribution in [0.3, 0.4) is 0 Å². The van der Waals surface area contributed by atoms with Gasteiger partial charge in [0.25, 0.3) is 5.91 Å². The first kappa shape index (κ1) is 28.4. The molecule has 0 unspecified atom stereocenters. The fraction of sp³-hybridized carbons (Fsp3) is 0.594. The Bertz CT molecular complexity index is 1230. The van der Waals surface area contributed by atoms with Crippen LogP contribution in [0.4, 0.5) is 0 Å². The maximum atomic E-state index is 12.6. The van der Waals surface area contributed by atoms with Gasteiger partial charge in [0.15, 0.2) is 6.61 Å². The van der Waals surface area contributed by atoms with Crippen molar-refractivity contribution in [3.8, 4) is 5.75 Å². The second kappa shape index (κ2) is 10.7. The third-order valence-corrected chi connectivity index (χ3v) is 10.7. The van der Waals surface area contributed by atoms with Crippen LogP contribution in [0.25, 0.3) is 0 Å². The third kappa shape index (κ3) is 5.06. The molecule has 0 aliphatic heterocycles. The van der Waals surface area contributed by atoms with Crippen LogP contribution >= 0.6 is 0 Å². The van der Waals surface area contributed by atoms with Crippen LogP contribution in [-0.4, -0.2) is 53.2 Å². The molecule has 0 aromatic heterocycles. The molecule has 216 valence electrons. The number of carbonyl (C=O) groups excluding carboxylic acids is 2. The van der Waals surface area contributed by atoms with Gasteiger partial charge in [0.05, 0.1) is 12.7 Å². The first-order valence-electron chi connectivity index (χ1n) is 14.4. The van der Waals surface area contributed by atoms with E-state index in [4.69, 9.17) is 9.57 Å². The number of nitrogens with zero attached hydrogens (tertiary/aromatic N) is 1. The quantitative estimate of drug-likeness (QED) is 0.341. The molecule has 0 saturated heterocycles. The summed E-state index contributed by atoms with van der Waals surface area (Å²) in [6.45, 7) is 6.36. The Morgan fingerprint density at radius 2 is 1.82 bits per heavy atom. The second-order valence-corrected chi connectivity index (χ2v) is 12.8. The van der Waals surface area contributed by atoms with E-state index in [1.807, 2.05) is 13.0 Å². The summed E-state index contributed by atoms with van der Waals surface area (Å²) in [6.07, 6.45) is 12.9. The number of benzene rings is 1. The number of hydrogen-bond donors (Lipinski definition) is 3. The van der Waals surface area contributed by atoms with Crippen LogP contribution in [0.2, 0.25) is 0 Å². The fourth-order valence-corrected chi connectivity index (χ4v) is 8.11. The topological polar surface area (TPSA) is 117 Å². The van der Waals surface area contributed by atoms with Crippen LogP contribution in [0.15, 0.2) is 53.2 Å². The van der Waals surface area contributed by atoms with Crippen molar-refractivity contribution in [1.29, 1.82) is 0 Å².